The van der Waals surface area contributed by atoms with E-state index in [1.807, 2.05) is 5.32 Å². The first-order valence-electron chi connectivity index (χ1n) is 10.8. The molecule has 0 radical (unpaired) electrons. The third-order valence-electron chi connectivity index (χ3n) is 5.37. The molecular formula is C22H18F7N3O6. The molecule has 1 fully saturated rings. The van der Waals surface area contributed by atoms with Crippen LogP contribution in [0.15, 0.2) is 24.4 Å². The number of nitrogens with zero attached hydrogens (tertiary/aromatic N) is 2. The smallest absolute Gasteiger partial charge is 0.386 e. The van der Waals surface area contributed by atoms with Gasteiger partial charge >= 0.3 is 24.3 Å². The first-order chi connectivity index (χ1) is 17.7. The standard InChI is InChI=1S/C22H18F7N3O6/c23-9-16(33)15(8-17(34)38-20(36)22(27,28)29)31-19(35)13-10-30-14-7-11(21(24,25)26)1-2-12(14)18(13)32-3-5-37-6-4-32/h1-2,7,10,15H,3-6,8-9H2,(H,31,35). The van der Waals surface area contributed by atoms with Gasteiger partial charge in [-0.15, -0.1) is 0 Å². The van der Waals surface area contributed by atoms with Crippen molar-refractivity contribution in [2.45, 2.75) is 24.8 Å². The van der Waals surface area contributed by atoms with Gasteiger partial charge in [-0.3, -0.25) is 19.4 Å². The van der Waals surface area contributed by atoms with Gasteiger partial charge in [-0.05, 0) is 12.1 Å². The minimum atomic E-state index is -5.52. The highest BCUT2D eigenvalue weighted by Crippen LogP contribution is 2.35. The van der Waals surface area contributed by atoms with Crippen molar-refractivity contribution in [2.75, 3.05) is 37.9 Å². The van der Waals surface area contributed by atoms with Crippen molar-refractivity contribution in [3.8, 4) is 0 Å². The minimum Gasteiger partial charge on any atom is -0.386 e. The maximum absolute atomic E-state index is 13.2. The molecule has 2 aromatic rings. The molecule has 38 heavy (non-hydrogen) atoms. The molecule has 0 saturated carbocycles. The Kier molecular flexibility index (Phi) is 8.54. The molecule has 1 unspecified atom stereocenters. The van der Waals surface area contributed by atoms with Crippen LogP contribution in [0.3, 0.4) is 0 Å². The molecular weight excluding hydrogens is 535 g/mol. The van der Waals surface area contributed by atoms with Crippen molar-refractivity contribution in [2.24, 2.45) is 0 Å². The van der Waals surface area contributed by atoms with Crippen LogP contribution in [0.25, 0.3) is 10.9 Å². The van der Waals surface area contributed by atoms with Crippen LogP contribution in [0.4, 0.5) is 36.4 Å². The molecule has 0 spiro atoms. The van der Waals surface area contributed by atoms with Crippen LogP contribution in [0.5, 0.6) is 0 Å². The molecule has 2 heterocycles. The molecule has 206 valence electrons. The Bertz CT molecular complexity index is 1240. The van der Waals surface area contributed by atoms with Gasteiger partial charge in [0.25, 0.3) is 5.91 Å². The summed E-state index contributed by atoms with van der Waals surface area (Å²) in [4.78, 5) is 53.2. The van der Waals surface area contributed by atoms with Crippen LogP contribution < -0.4 is 10.2 Å². The summed E-state index contributed by atoms with van der Waals surface area (Å²) in [5, 5.41) is 2.13. The molecule has 1 amide bonds. The molecule has 1 atom stereocenters. The van der Waals surface area contributed by atoms with E-state index < -0.39 is 60.7 Å². The highest BCUT2D eigenvalue weighted by Gasteiger charge is 2.43. The Labute approximate surface area is 208 Å². The molecule has 0 bridgehead atoms. The van der Waals surface area contributed by atoms with Crippen molar-refractivity contribution in [3.05, 3.63) is 35.5 Å². The van der Waals surface area contributed by atoms with Crippen molar-refractivity contribution in [1.29, 1.82) is 0 Å². The number of Topliss-reactive ketones (excluding diaryl/α,β-unsaturated/α-hetero) is 1. The third-order valence-corrected chi connectivity index (χ3v) is 5.37. The van der Waals surface area contributed by atoms with Crippen LogP contribution in [0.2, 0.25) is 0 Å². The quantitative estimate of drug-likeness (QED) is 0.316. The van der Waals surface area contributed by atoms with Crippen LogP contribution in [-0.4, -0.2) is 73.8 Å². The summed E-state index contributed by atoms with van der Waals surface area (Å²) in [7, 11) is 0. The number of carbonyl (C=O) groups excluding carboxylic acids is 4. The van der Waals surface area contributed by atoms with E-state index in [2.05, 4.69) is 9.72 Å². The van der Waals surface area contributed by atoms with Gasteiger partial charge in [-0.2, -0.15) is 26.3 Å². The van der Waals surface area contributed by atoms with Crippen molar-refractivity contribution < 1.29 is 59.4 Å². The fourth-order valence-corrected chi connectivity index (χ4v) is 3.59. The summed E-state index contributed by atoms with van der Waals surface area (Å²) in [6.07, 6.45) is -10.6. The Morgan fingerprint density at radius 2 is 1.74 bits per heavy atom. The number of ketones is 1. The largest absolute Gasteiger partial charge is 0.491 e. The van der Waals surface area contributed by atoms with Gasteiger partial charge in [0.15, 0.2) is 5.78 Å². The summed E-state index contributed by atoms with van der Waals surface area (Å²) >= 11 is 0. The van der Waals surface area contributed by atoms with Gasteiger partial charge in [0.1, 0.15) is 12.7 Å². The van der Waals surface area contributed by atoms with Gasteiger partial charge in [-0.25, -0.2) is 9.18 Å². The molecule has 1 aromatic heterocycles. The normalized spacial score (nSPS) is 15.2. The molecule has 1 saturated heterocycles. The van der Waals surface area contributed by atoms with Crippen molar-refractivity contribution in [3.63, 3.8) is 0 Å². The molecule has 1 aliphatic heterocycles. The summed E-state index contributed by atoms with van der Waals surface area (Å²) in [6.45, 7) is -0.905. The number of morpholine rings is 1. The number of aromatic nitrogens is 1. The predicted molar refractivity (Wildman–Crippen MR) is 114 cm³/mol. The zero-order valence-electron chi connectivity index (χ0n) is 19.1. The summed E-state index contributed by atoms with van der Waals surface area (Å²) in [5.41, 5.74) is -1.30. The highest BCUT2D eigenvalue weighted by molar-refractivity contribution is 6.09. The van der Waals surface area contributed by atoms with Gasteiger partial charge < -0.3 is 19.7 Å². The number of halogens is 7. The fraction of sp³-hybridized carbons (Fsp3) is 0.409. The minimum absolute atomic E-state index is 0.103. The van der Waals surface area contributed by atoms with Crippen LogP contribution in [0.1, 0.15) is 22.3 Å². The van der Waals surface area contributed by atoms with Gasteiger partial charge in [0.05, 0.1) is 42.0 Å². The lowest BCUT2D eigenvalue weighted by atomic mass is 10.0. The average molecular weight is 553 g/mol. The summed E-state index contributed by atoms with van der Waals surface area (Å²) in [5.74, 6) is -7.27. The molecule has 1 N–H and O–H groups in total. The van der Waals surface area contributed by atoms with Gasteiger partial charge in [0, 0.05) is 24.7 Å². The average Bonchev–Trinajstić information content (AvgIpc) is 2.86. The second kappa shape index (κ2) is 11.3. The van der Waals surface area contributed by atoms with E-state index in [0.29, 0.717) is 0 Å². The van der Waals surface area contributed by atoms with E-state index in [4.69, 9.17) is 4.74 Å². The second-order valence-electron chi connectivity index (χ2n) is 7.94. The zero-order chi connectivity index (χ0) is 28.3. The van der Waals surface area contributed by atoms with Crippen LogP contribution >= 0.6 is 0 Å². The Morgan fingerprint density at radius 3 is 2.32 bits per heavy atom. The molecule has 0 aliphatic carbocycles. The number of hydrogen-bond donors (Lipinski definition) is 1. The Balaban J connectivity index is 1.96. The first kappa shape index (κ1) is 28.7. The lowest BCUT2D eigenvalue weighted by Gasteiger charge is -2.31. The maximum Gasteiger partial charge on any atom is 0.491 e. The van der Waals surface area contributed by atoms with Crippen LogP contribution in [0, 0.1) is 0 Å². The van der Waals surface area contributed by atoms with E-state index >= 15 is 0 Å². The molecule has 9 nitrogen and oxygen atoms in total. The van der Waals surface area contributed by atoms with Gasteiger partial charge in [0.2, 0.25) is 0 Å². The topological polar surface area (TPSA) is 115 Å². The number of amides is 1. The Hall–Kier alpha value is -3.82. The number of nitrogens with one attached hydrogen (secondary N) is 1. The monoisotopic (exact) mass is 553 g/mol. The number of alkyl halides is 7. The molecule has 1 aromatic carbocycles. The summed E-state index contributed by atoms with van der Waals surface area (Å²) < 4.78 is 98.5. The predicted octanol–water partition coefficient (Wildman–Crippen LogP) is 2.75. The number of benzene rings is 1. The number of hydrogen-bond acceptors (Lipinski definition) is 8. The highest BCUT2D eigenvalue weighted by atomic mass is 19.4. The van der Waals surface area contributed by atoms with E-state index in [1.54, 1.807) is 4.90 Å². The number of pyridine rings is 1. The van der Waals surface area contributed by atoms with E-state index in [1.165, 1.54) is 0 Å². The van der Waals surface area contributed by atoms with Crippen molar-refractivity contribution >= 4 is 40.2 Å². The lowest BCUT2D eigenvalue weighted by molar-refractivity contribution is -0.202. The third kappa shape index (κ3) is 6.73. The van der Waals surface area contributed by atoms with Crippen LogP contribution in [-0.2, 0) is 30.0 Å². The molecule has 1 aliphatic rings. The number of anilines is 1. The fourth-order valence-electron chi connectivity index (χ4n) is 3.59. The maximum atomic E-state index is 13.2. The van der Waals surface area contributed by atoms with E-state index in [0.717, 1.165) is 24.4 Å². The number of fused-ring (bicyclic) bond motifs is 1. The van der Waals surface area contributed by atoms with Crippen molar-refractivity contribution in [1.82, 2.24) is 10.3 Å². The second-order valence-corrected chi connectivity index (χ2v) is 7.94. The summed E-state index contributed by atoms with van der Waals surface area (Å²) in [6, 6.07) is 0.613. The zero-order valence-corrected chi connectivity index (χ0v) is 19.1. The number of carbonyl (C=O) groups is 4. The Morgan fingerprint density at radius 1 is 1.08 bits per heavy atom. The first-order valence-corrected chi connectivity index (χ1v) is 10.8. The number of rotatable bonds is 7. The molecule has 3 rings (SSSR count). The van der Waals surface area contributed by atoms with E-state index in [-0.39, 0.29) is 48.5 Å². The SMILES string of the molecule is O=C(CC(NC(=O)c1cnc2cc(C(F)(F)F)ccc2c1N1CCOCC1)C(=O)CF)OC(=O)C(F)(F)F. The van der Waals surface area contributed by atoms with Gasteiger partial charge in [-0.1, -0.05) is 6.07 Å². The van der Waals surface area contributed by atoms with E-state index in [9.17, 15) is 49.9 Å². The molecule has 16 heteroatoms. The lowest BCUT2D eigenvalue weighted by Crippen LogP contribution is -2.45. The number of esters is 2. The number of ether oxygens (including phenoxy) is 2.